The van der Waals surface area contributed by atoms with Crippen molar-refractivity contribution in [2.75, 3.05) is 6.61 Å². The third kappa shape index (κ3) is 3.82. The minimum absolute atomic E-state index is 0.231. The van der Waals surface area contributed by atoms with Gasteiger partial charge in [-0.3, -0.25) is 4.79 Å². The van der Waals surface area contributed by atoms with Gasteiger partial charge in [-0.15, -0.1) is 0 Å². The molecule has 0 aliphatic rings. The number of rotatable bonds is 4. The molecular weight excluding hydrogens is 288 g/mol. The predicted octanol–water partition coefficient (Wildman–Crippen LogP) is 2.68. The zero-order valence-electron chi connectivity index (χ0n) is 11.1. The summed E-state index contributed by atoms with van der Waals surface area (Å²) in [4.78, 5) is 12.2. The highest BCUT2D eigenvalue weighted by Crippen LogP contribution is 2.17. The summed E-state index contributed by atoms with van der Waals surface area (Å²) in [6, 6.07) is 14.7. The summed E-state index contributed by atoms with van der Waals surface area (Å²) in [5, 5.41) is 21.6. The Morgan fingerprint density at radius 1 is 1.29 bits per heavy atom. The number of carbonyl (C=O) groups is 1. The molecule has 1 amide bonds. The fraction of sp³-hybridized carbons (Fsp3) is 0.125. The van der Waals surface area contributed by atoms with E-state index in [1.165, 1.54) is 6.07 Å². The molecule has 0 aromatic heterocycles. The number of hydrogen-bond acceptors (Lipinski definition) is 3. The SMILES string of the molecule is N#Cc1cccc(C(=O)NC(CO)c2ccc(Cl)cc2)c1. The molecule has 0 heterocycles. The molecule has 0 radical (unpaired) electrons. The topological polar surface area (TPSA) is 73.1 Å². The molecule has 4 nitrogen and oxygen atoms in total. The lowest BCUT2D eigenvalue weighted by Gasteiger charge is -2.17. The van der Waals surface area contributed by atoms with Crippen LogP contribution in [0.5, 0.6) is 0 Å². The third-order valence-corrected chi connectivity index (χ3v) is 3.27. The van der Waals surface area contributed by atoms with Crippen molar-refractivity contribution >= 4 is 17.5 Å². The van der Waals surface area contributed by atoms with Crippen molar-refractivity contribution in [2.45, 2.75) is 6.04 Å². The van der Waals surface area contributed by atoms with Gasteiger partial charge in [0, 0.05) is 10.6 Å². The Bertz CT molecular complexity index is 677. The van der Waals surface area contributed by atoms with Gasteiger partial charge < -0.3 is 10.4 Å². The van der Waals surface area contributed by atoms with E-state index >= 15 is 0 Å². The first-order valence-corrected chi connectivity index (χ1v) is 6.69. The molecule has 0 spiro atoms. The highest BCUT2D eigenvalue weighted by molar-refractivity contribution is 6.30. The van der Waals surface area contributed by atoms with Crippen LogP contribution in [0.25, 0.3) is 0 Å². The molecule has 21 heavy (non-hydrogen) atoms. The van der Waals surface area contributed by atoms with Crippen LogP contribution in [-0.2, 0) is 0 Å². The minimum atomic E-state index is -0.527. The fourth-order valence-corrected chi connectivity index (χ4v) is 2.03. The predicted molar refractivity (Wildman–Crippen MR) is 79.9 cm³/mol. The van der Waals surface area contributed by atoms with Gasteiger partial charge in [-0.05, 0) is 35.9 Å². The van der Waals surface area contributed by atoms with E-state index in [1.807, 2.05) is 6.07 Å². The molecule has 5 heteroatoms. The standard InChI is InChI=1S/C16H13ClN2O2/c17-14-6-4-12(5-7-14)15(10-20)19-16(21)13-3-1-2-11(8-13)9-18/h1-8,15,20H,10H2,(H,19,21). The van der Waals surface area contributed by atoms with E-state index in [2.05, 4.69) is 5.32 Å². The van der Waals surface area contributed by atoms with Crippen molar-refractivity contribution in [3.63, 3.8) is 0 Å². The van der Waals surface area contributed by atoms with Gasteiger partial charge in [-0.1, -0.05) is 29.8 Å². The molecule has 106 valence electrons. The maximum atomic E-state index is 12.2. The van der Waals surface area contributed by atoms with Crippen molar-refractivity contribution in [2.24, 2.45) is 0 Å². The molecule has 0 aliphatic heterocycles. The molecule has 1 atom stereocenters. The van der Waals surface area contributed by atoms with Gasteiger partial charge in [0.25, 0.3) is 5.91 Å². The summed E-state index contributed by atoms with van der Waals surface area (Å²) in [6.45, 7) is -0.231. The highest BCUT2D eigenvalue weighted by atomic mass is 35.5. The summed E-state index contributed by atoms with van der Waals surface area (Å²) < 4.78 is 0. The maximum Gasteiger partial charge on any atom is 0.251 e. The van der Waals surface area contributed by atoms with E-state index in [4.69, 9.17) is 16.9 Å². The highest BCUT2D eigenvalue weighted by Gasteiger charge is 2.15. The molecule has 1 unspecified atom stereocenters. The number of nitrogens with one attached hydrogen (secondary N) is 1. The van der Waals surface area contributed by atoms with Crippen LogP contribution < -0.4 is 5.32 Å². The molecular formula is C16H13ClN2O2. The van der Waals surface area contributed by atoms with E-state index in [-0.39, 0.29) is 12.5 Å². The quantitative estimate of drug-likeness (QED) is 0.911. The van der Waals surface area contributed by atoms with Gasteiger partial charge in [0.2, 0.25) is 0 Å². The van der Waals surface area contributed by atoms with Crippen molar-refractivity contribution in [3.05, 3.63) is 70.2 Å². The van der Waals surface area contributed by atoms with Crippen LogP contribution in [0, 0.1) is 11.3 Å². The zero-order valence-corrected chi connectivity index (χ0v) is 11.8. The van der Waals surface area contributed by atoms with Crippen LogP contribution >= 0.6 is 11.6 Å². The fourth-order valence-electron chi connectivity index (χ4n) is 1.90. The Balaban J connectivity index is 2.16. The van der Waals surface area contributed by atoms with Crippen LogP contribution in [0.3, 0.4) is 0 Å². The lowest BCUT2D eigenvalue weighted by atomic mass is 10.1. The Morgan fingerprint density at radius 3 is 2.62 bits per heavy atom. The third-order valence-electron chi connectivity index (χ3n) is 3.01. The number of carbonyl (C=O) groups excluding carboxylic acids is 1. The average Bonchev–Trinajstić information content (AvgIpc) is 2.53. The number of halogens is 1. The van der Waals surface area contributed by atoms with Crippen LogP contribution in [-0.4, -0.2) is 17.6 Å². The maximum absolute atomic E-state index is 12.2. The Kier molecular flexibility index (Phi) is 4.94. The Labute approximate surface area is 127 Å². The van der Waals surface area contributed by atoms with E-state index in [9.17, 15) is 9.90 Å². The number of amides is 1. The molecule has 0 bridgehead atoms. The lowest BCUT2D eigenvalue weighted by molar-refractivity contribution is 0.0916. The van der Waals surface area contributed by atoms with Gasteiger partial charge >= 0.3 is 0 Å². The number of aliphatic hydroxyl groups excluding tert-OH is 1. The zero-order chi connectivity index (χ0) is 15.2. The first kappa shape index (κ1) is 15.0. The second-order valence-electron chi connectivity index (χ2n) is 4.45. The molecule has 0 aliphatic carbocycles. The van der Waals surface area contributed by atoms with Crippen molar-refractivity contribution in [1.29, 1.82) is 5.26 Å². The summed E-state index contributed by atoms with van der Waals surface area (Å²) in [7, 11) is 0. The Morgan fingerprint density at radius 2 is 2.00 bits per heavy atom. The van der Waals surface area contributed by atoms with Crippen LogP contribution in [0.15, 0.2) is 48.5 Å². The second-order valence-corrected chi connectivity index (χ2v) is 4.89. The molecule has 0 saturated carbocycles. The molecule has 0 saturated heterocycles. The average molecular weight is 301 g/mol. The first-order valence-electron chi connectivity index (χ1n) is 6.31. The monoisotopic (exact) mass is 300 g/mol. The molecule has 2 N–H and O–H groups in total. The lowest BCUT2D eigenvalue weighted by Crippen LogP contribution is -2.30. The number of benzene rings is 2. The summed E-state index contributed by atoms with van der Waals surface area (Å²) >= 11 is 5.81. The number of nitrogens with zero attached hydrogens (tertiary/aromatic N) is 1. The van der Waals surface area contributed by atoms with E-state index in [1.54, 1.807) is 42.5 Å². The van der Waals surface area contributed by atoms with E-state index < -0.39 is 6.04 Å². The molecule has 2 aromatic rings. The first-order chi connectivity index (χ1) is 10.1. The summed E-state index contributed by atoms with van der Waals surface area (Å²) in [5.74, 6) is -0.346. The van der Waals surface area contributed by atoms with Gasteiger partial charge in [-0.25, -0.2) is 0 Å². The molecule has 2 aromatic carbocycles. The largest absolute Gasteiger partial charge is 0.394 e. The van der Waals surface area contributed by atoms with E-state index in [0.29, 0.717) is 16.1 Å². The molecule has 0 fully saturated rings. The van der Waals surface area contributed by atoms with Crippen LogP contribution in [0.2, 0.25) is 5.02 Å². The van der Waals surface area contributed by atoms with E-state index in [0.717, 1.165) is 5.56 Å². The number of nitriles is 1. The number of hydrogen-bond donors (Lipinski definition) is 2. The summed E-state index contributed by atoms with van der Waals surface area (Å²) in [6.07, 6.45) is 0. The number of aliphatic hydroxyl groups is 1. The van der Waals surface area contributed by atoms with Gasteiger partial charge in [0.15, 0.2) is 0 Å². The molecule has 2 rings (SSSR count). The smallest absolute Gasteiger partial charge is 0.251 e. The Hall–Kier alpha value is -2.35. The van der Waals surface area contributed by atoms with Crippen LogP contribution in [0.1, 0.15) is 27.5 Å². The normalized spacial score (nSPS) is 11.5. The van der Waals surface area contributed by atoms with Gasteiger partial charge in [0.1, 0.15) is 0 Å². The van der Waals surface area contributed by atoms with Crippen molar-refractivity contribution in [1.82, 2.24) is 5.32 Å². The van der Waals surface area contributed by atoms with Crippen molar-refractivity contribution in [3.8, 4) is 6.07 Å². The second kappa shape index (κ2) is 6.89. The van der Waals surface area contributed by atoms with Gasteiger partial charge in [-0.2, -0.15) is 5.26 Å². The van der Waals surface area contributed by atoms with Crippen LogP contribution in [0.4, 0.5) is 0 Å². The van der Waals surface area contributed by atoms with Gasteiger partial charge in [0.05, 0.1) is 24.3 Å². The summed E-state index contributed by atoms with van der Waals surface area (Å²) in [5.41, 5.74) is 1.54. The van der Waals surface area contributed by atoms with Crippen molar-refractivity contribution < 1.29 is 9.90 Å². The minimum Gasteiger partial charge on any atom is -0.394 e.